The molecule has 7 heteroatoms. The van der Waals surface area contributed by atoms with Crippen molar-refractivity contribution in [1.82, 2.24) is 0 Å². The van der Waals surface area contributed by atoms with Crippen LogP contribution < -0.4 is 0 Å². The molecule has 0 saturated heterocycles. The van der Waals surface area contributed by atoms with Crippen molar-refractivity contribution in [3.05, 3.63) is 0 Å². The second-order valence-corrected chi connectivity index (χ2v) is 8.71. The van der Waals surface area contributed by atoms with Crippen molar-refractivity contribution in [2.75, 3.05) is 17.8 Å². The van der Waals surface area contributed by atoms with Crippen molar-refractivity contribution < 1.29 is 22.1 Å². The lowest BCUT2D eigenvalue weighted by molar-refractivity contribution is -0.123. The average molecular weight is 359 g/mol. The summed E-state index contributed by atoms with van der Waals surface area (Å²) in [5.41, 5.74) is -0.150. The minimum Gasteiger partial charge on any atom is -0.298 e. The summed E-state index contributed by atoms with van der Waals surface area (Å²) in [4.78, 5) is 11.0. The van der Waals surface area contributed by atoms with E-state index in [2.05, 4.69) is 11.3 Å². The molecular weight excluding hydrogens is 327 g/mol. The van der Waals surface area contributed by atoms with E-state index in [-0.39, 0.29) is 11.2 Å². The summed E-state index contributed by atoms with van der Waals surface area (Å²) in [7, 11) is -3.88. The van der Waals surface area contributed by atoms with Gasteiger partial charge in [0, 0.05) is 5.41 Å². The van der Waals surface area contributed by atoms with Gasteiger partial charge in [0.2, 0.25) is 0 Å². The van der Waals surface area contributed by atoms with E-state index in [0.717, 1.165) is 25.7 Å². The van der Waals surface area contributed by atoms with E-state index in [1.165, 1.54) is 6.42 Å². The van der Waals surface area contributed by atoms with E-state index in [4.69, 9.17) is 0 Å². The third-order valence-electron chi connectivity index (χ3n) is 2.96. The predicted octanol–water partition coefficient (Wildman–Crippen LogP) is 4.54. The number of hydrogen-bond acceptors (Lipinski definition) is 5. The molecule has 134 valence electrons. The molecule has 22 heavy (non-hydrogen) atoms. The molecule has 0 aromatic heterocycles. The van der Waals surface area contributed by atoms with Crippen LogP contribution >= 0.6 is 11.8 Å². The van der Waals surface area contributed by atoms with Crippen LogP contribution in [0.3, 0.4) is 0 Å². The number of rotatable bonds is 10. The number of carbonyl (C=O) groups is 1. The number of halogens is 1. The van der Waals surface area contributed by atoms with Gasteiger partial charge < -0.3 is 0 Å². The molecule has 0 aromatic rings. The highest BCUT2D eigenvalue weighted by Crippen LogP contribution is 2.16. The first-order valence-electron chi connectivity index (χ1n) is 7.65. The summed E-state index contributed by atoms with van der Waals surface area (Å²) in [5.74, 6) is 0.758. The third-order valence-corrected chi connectivity index (χ3v) is 4.49. The molecule has 0 N–H and O–H groups in total. The molecule has 4 nitrogen and oxygen atoms in total. The summed E-state index contributed by atoms with van der Waals surface area (Å²) in [6.07, 6.45) is 7.71. The quantitative estimate of drug-likeness (QED) is 0.536. The average Bonchev–Trinajstić information content (AvgIpc) is 2.43. The molecule has 0 bridgehead atoms. The van der Waals surface area contributed by atoms with Crippen LogP contribution in [-0.4, -0.2) is 32.0 Å². The van der Waals surface area contributed by atoms with Gasteiger partial charge in [-0.3, -0.25) is 4.79 Å². The zero-order valence-corrected chi connectivity index (χ0v) is 16.1. The van der Waals surface area contributed by atoms with Crippen LogP contribution in [0.4, 0.5) is 4.53 Å². The fourth-order valence-electron chi connectivity index (χ4n) is 1.44. The monoisotopic (exact) mass is 358 g/mol. The highest BCUT2D eigenvalue weighted by molar-refractivity contribution is 7.99. The Morgan fingerprint density at radius 1 is 1.09 bits per heavy atom. The first-order valence-corrected chi connectivity index (χ1v) is 10.6. The molecule has 0 saturated carbocycles. The lowest BCUT2D eigenvalue weighted by atomic mass is 9.92. The molecule has 0 aromatic carbocycles. The number of hydrogen-bond donors (Lipinski definition) is 0. The van der Waals surface area contributed by atoms with E-state index < -0.39 is 10.1 Å². The summed E-state index contributed by atoms with van der Waals surface area (Å²) in [6, 6.07) is 0. The van der Waals surface area contributed by atoms with E-state index in [1.807, 2.05) is 27.0 Å². The Morgan fingerprint density at radius 2 is 1.59 bits per heavy atom. The van der Waals surface area contributed by atoms with Crippen molar-refractivity contribution in [3.63, 3.8) is 0 Å². The molecule has 0 radical (unpaired) electrons. The maximum Gasteiger partial charge on any atom is 0.297 e. The van der Waals surface area contributed by atoms with Gasteiger partial charge in [-0.05, 0) is 17.2 Å². The minimum absolute atomic E-state index is 0.150. The Kier molecular flexibility index (Phi) is 14.6. The largest absolute Gasteiger partial charge is 0.298 e. The summed E-state index contributed by atoms with van der Waals surface area (Å²) in [6.45, 7) is 7.96. The molecule has 0 rings (SSSR count). The summed E-state index contributed by atoms with van der Waals surface area (Å²) >= 11 is 1.59. The highest BCUT2D eigenvalue weighted by Gasteiger charge is 2.19. The summed E-state index contributed by atoms with van der Waals surface area (Å²) < 4.78 is 35.1. The maximum absolute atomic E-state index is 11.3. The summed E-state index contributed by atoms with van der Waals surface area (Å²) in [5, 5.41) is 0. The van der Waals surface area contributed by atoms with E-state index in [1.54, 1.807) is 11.8 Å². The fraction of sp³-hybridized carbons (Fsp3) is 0.933. The molecule has 0 unspecified atom stereocenters. The van der Waals surface area contributed by atoms with E-state index >= 15 is 0 Å². The van der Waals surface area contributed by atoms with E-state index in [9.17, 15) is 17.7 Å². The van der Waals surface area contributed by atoms with Gasteiger partial charge in [0.05, 0.1) is 11.5 Å². The van der Waals surface area contributed by atoms with Crippen LogP contribution in [0.2, 0.25) is 0 Å². The lowest BCUT2D eigenvalue weighted by Gasteiger charge is -2.14. The number of ketones is 1. The van der Waals surface area contributed by atoms with Crippen molar-refractivity contribution in [3.8, 4) is 0 Å². The maximum atomic E-state index is 11.3. The second-order valence-electron chi connectivity index (χ2n) is 6.20. The van der Waals surface area contributed by atoms with Crippen molar-refractivity contribution in [1.29, 1.82) is 0 Å². The van der Waals surface area contributed by atoms with Gasteiger partial charge in [-0.25, -0.2) is 0 Å². The molecule has 0 atom stereocenters. The number of carbonyl (C=O) groups excluding carboxylic acids is 1. The Morgan fingerprint density at radius 3 is 1.95 bits per heavy atom. The standard InChI is InChI=1S/C8H17FO3S.C7H14OS/c1-2-3-4-5-6-7-8-13(10,11)12-9;1-7(2,3)6(8)5-9-4/h2-8H2,1H3;5H2,1-4H3. The van der Waals surface area contributed by atoms with Gasteiger partial charge in [-0.2, -0.15) is 20.2 Å². The molecule has 0 aliphatic heterocycles. The van der Waals surface area contributed by atoms with Gasteiger partial charge in [0.1, 0.15) is 5.78 Å². The number of Topliss-reactive ketones (excluding diaryl/α,β-unsaturated/α-hetero) is 1. The van der Waals surface area contributed by atoms with Crippen LogP contribution in [0, 0.1) is 5.41 Å². The first kappa shape index (κ1) is 24.1. The normalized spacial score (nSPS) is 11.7. The predicted molar refractivity (Wildman–Crippen MR) is 92.2 cm³/mol. The SMILES string of the molecule is CCCCCCCCS(=O)(=O)OF.CSCC(=O)C(C)(C)C. The molecule has 0 spiro atoms. The van der Waals surface area contributed by atoms with Crippen molar-refractivity contribution >= 4 is 27.7 Å². The second kappa shape index (κ2) is 13.3. The topological polar surface area (TPSA) is 60.4 Å². The van der Waals surface area contributed by atoms with Crippen LogP contribution in [-0.2, 0) is 19.3 Å². The third kappa shape index (κ3) is 16.2. The van der Waals surface area contributed by atoms with Gasteiger partial charge in [0.25, 0.3) is 10.1 Å². The Hall–Kier alpha value is -0.140. The van der Waals surface area contributed by atoms with Crippen molar-refractivity contribution in [2.45, 2.75) is 66.2 Å². The van der Waals surface area contributed by atoms with Crippen LogP contribution in [0.1, 0.15) is 66.2 Å². The smallest absolute Gasteiger partial charge is 0.297 e. The van der Waals surface area contributed by atoms with Gasteiger partial charge in [0.15, 0.2) is 0 Å². The van der Waals surface area contributed by atoms with Gasteiger partial charge in [-0.1, -0.05) is 64.2 Å². The van der Waals surface area contributed by atoms with Crippen LogP contribution in [0.5, 0.6) is 0 Å². The number of unbranched alkanes of at least 4 members (excludes halogenated alkanes) is 5. The zero-order valence-electron chi connectivity index (χ0n) is 14.5. The lowest BCUT2D eigenvalue weighted by Crippen LogP contribution is -2.21. The molecule has 0 heterocycles. The Labute approximate surface area is 139 Å². The number of thioether (sulfide) groups is 1. The van der Waals surface area contributed by atoms with Gasteiger partial charge >= 0.3 is 0 Å². The Bertz CT molecular complexity index is 375. The fourth-order valence-corrected chi connectivity index (χ4v) is 2.75. The van der Waals surface area contributed by atoms with Crippen molar-refractivity contribution in [2.24, 2.45) is 5.41 Å². The zero-order chi connectivity index (χ0) is 17.6. The van der Waals surface area contributed by atoms with E-state index in [0.29, 0.717) is 18.0 Å². The minimum atomic E-state index is -3.88. The first-order chi connectivity index (χ1) is 10.1. The van der Waals surface area contributed by atoms with Gasteiger partial charge in [-0.15, -0.1) is 0 Å². The van der Waals surface area contributed by atoms with Crippen LogP contribution in [0.15, 0.2) is 0 Å². The molecule has 0 aliphatic carbocycles. The molecule has 0 aliphatic rings. The Balaban J connectivity index is 0. The highest BCUT2D eigenvalue weighted by atomic mass is 32.2. The molecule has 0 amide bonds. The van der Waals surface area contributed by atoms with Crippen LogP contribution in [0.25, 0.3) is 0 Å². The molecule has 0 fully saturated rings. The molecular formula is C15H31FO4S2.